The number of nitrogens with zero attached hydrogens (tertiary/aromatic N) is 1. The highest BCUT2D eigenvalue weighted by Crippen LogP contribution is 2.31. The molecule has 5 nitrogen and oxygen atoms in total. The van der Waals surface area contributed by atoms with Crippen LogP contribution in [0.1, 0.15) is 6.92 Å². The molecule has 0 fully saturated rings. The number of benzene rings is 2. The number of H-pyrrole nitrogens is 1. The molecule has 0 unspecified atom stereocenters. The van der Waals surface area contributed by atoms with Crippen molar-refractivity contribution in [2.75, 3.05) is 5.32 Å². The lowest BCUT2D eigenvalue weighted by Gasteiger charge is -2.13. The Morgan fingerprint density at radius 2 is 2.00 bits per heavy atom. The van der Waals surface area contributed by atoms with Gasteiger partial charge < -0.3 is 9.72 Å². The monoisotopic (exact) mass is 381 g/mol. The first-order valence-corrected chi connectivity index (χ1v) is 9.23. The van der Waals surface area contributed by atoms with Gasteiger partial charge in [0.15, 0.2) is 11.2 Å². The summed E-state index contributed by atoms with van der Waals surface area (Å²) in [4.78, 5) is 20.1. The maximum absolute atomic E-state index is 12.9. The summed E-state index contributed by atoms with van der Waals surface area (Å²) >= 11 is 1.35. The Labute approximate surface area is 158 Å². The lowest BCUT2D eigenvalue weighted by atomic mass is 10.1. The summed E-state index contributed by atoms with van der Waals surface area (Å²) in [5.41, 5.74) is 2.81. The van der Waals surface area contributed by atoms with Gasteiger partial charge in [0.2, 0.25) is 0 Å². The average molecular weight is 381 g/mol. The molecule has 0 aliphatic heterocycles. The van der Waals surface area contributed by atoms with Gasteiger partial charge in [-0.2, -0.15) is 0 Å². The molecule has 4 rings (SSSR count). The Bertz CT molecular complexity index is 1090. The number of nitrogens with one attached hydrogen (secondary N) is 2. The summed E-state index contributed by atoms with van der Waals surface area (Å²) < 4.78 is 18.5. The van der Waals surface area contributed by atoms with Gasteiger partial charge in [-0.3, -0.25) is 10.1 Å². The molecule has 2 aromatic heterocycles. The SMILES string of the molecule is C[C@H](Oc1ccc(F)cc1)C(=O)Nc1nc(-c2c[nH]c3ccccc23)cs1. The Morgan fingerprint density at radius 1 is 1.22 bits per heavy atom. The normalized spacial score (nSPS) is 12.1. The molecule has 2 heterocycles. The van der Waals surface area contributed by atoms with Crippen molar-refractivity contribution < 1.29 is 13.9 Å². The van der Waals surface area contributed by atoms with E-state index in [2.05, 4.69) is 15.3 Å². The van der Waals surface area contributed by atoms with E-state index in [1.807, 2.05) is 35.8 Å². The number of carbonyl (C=O) groups excluding carboxylic acids is 1. The highest BCUT2D eigenvalue weighted by Gasteiger charge is 2.17. The number of para-hydroxylation sites is 1. The van der Waals surface area contributed by atoms with Crippen molar-refractivity contribution in [3.05, 3.63) is 65.9 Å². The summed E-state index contributed by atoms with van der Waals surface area (Å²) in [7, 11) is 0. The Kier molecular flexibility index (Phi) is 4.60. The third-order valence-electron chi connectivity index (χ3n) is 4.10. The molecule has 0 bridgehead atoms. The van der Waals surface area contributed by atoms with Gasteiger partial charge in [-0.25, -0.2) is 9.37 Å². The summed E-state index contributed by atoms with van der Waals surface area (Å²) in [5.74, 6) is -0.246. The van der Waals surface area contributed by atoms with E-state index < -0.39 is 6.10 Å². The van der Waals surface area contributed by atoms with E-state index in [0.717, 1.165) is 22.2 Å². The molecule has 0 saturated carbocycles. The number of rotatable bonds is 5. The second-order valence-electron chi connectivity index (χ2n) is 5.99. The zero-order valence-corrected chi connectivity index (χ0v) is 15.2. The first-order chi connectivity index (χ1) is 13.1. The molecule has 136 valence electrons. The van der Waals surface area contributed by atoms with Crippen LogP contribution in [0.25, 0.3) is 22.2 Å². The number of thiazole rings is 1. The number of aromatic amines is 1. The largest absolute Gasteiger partial charge is 0.481 e. The summed E-state index contributed by atoms with van der Waals surface area (Å²) in [6, 6.07) is 13.5. The van der Waals surface area contributed by atoms with E-state index >= 15 is 0 Å². The van der Waals surface area contributed by atoms with Crippen LogP contribution in [0.3, 0.4) is 0 Å². The molecule has 2 N–H and O–H groups in total. The summed E-state index contributed by atoms with van der Waals surface area (Å²) in [5, 5.41) is 6.24. The molecule has 1 amide bonds. The number of hydrogen-bond acceptors (Lipinski definition) is 4. The van der Waals surface area contributed by atoms with Gasteiger partial charge in [-0.15, -0.1) is 11.3 Å². The zero-order valence-electron chi connectivity index (χ0n) is 14.4. The minimum atomic E-state index is -0.740. The van der Waals surface area contributed by atoms with Gasteiger partial charge in [0.05, 0.1) is 5.69 Å². The van der Waals surface area contributed by atoms with Crippen LogP contribution in [0.2, 0.25) is 0 Å². The second kappa shape index (κ2) is 7.20. The first kappa shape index (κ1) is 17.2. The van der Waals surface area contributed by atoms with E-state index in [9.17, 15) is 9.18 Å². The van der Waals surface area contributed by atoms with Crippen molar-refractivity contribution >= 4 is 33.3 Å². The fraction of sp³-hybridized carbons (Fsp3) is 0.100. The van der Waals surface area contributed by atoms with Crippen molar-refractivity contribution in [2.24, 2.45) is 0 Å². The number of aromatic nitrogens is 2. The number of halogens is 1. The Hall–Kier alpha value is -3.19. The van der Waals surface area contributed by atoms with E-state index in [0.29, 0.717) is 10.9 Å². The lowest BCUT2D eigenvalue weighted by molar-refractivity contribution is -0.122. The van der Waals surface area contributed by atoms with E-state index in [-0.39, 0.29) is 11.7 Å². The molecule has 2 aromatic carbocycles. The Morgan fingerprint density at radius 3 is 2.81 bits per heavy atom. The standard InChI is InChI=1S/C20H16FN3O2S/c1-12(26-14-8-6-13(21)7-9-14)19(25)24-20-23-18(11-27-20)16-10-22-17-5-3-2-4-15(16)17/h2-12,22H,1H3,(H,23,24,25)/t12-/m0/s1. The predicted molar refractivity (Wildman–Crippen MR) is 105 cm³/mol. The maximum Gasteiger partial charge on any atom is 0.266 e. The maximum atomic E-state index is 12.9. The third kappa shape index (κ3) is 3.68. The topological polar surface area (TPSA) is 67.0 Å². The van der Waals surface area contributed by atoms with Crippen LogP contribution in [-0.2, 0) is 4.79 Å². The van der Waals surface area contributed by atoms with Crippen LogP contribution < -0.4 is 10.1 Å². The van der Waals surface area contributed by atoms with Crippen molar-refractivity contribution in [3.63, 3.8) is 0 Å². The molecule has 0 aliphatic carbocycles. The fourth-order valence-electron chi connectivity index (χ4n) is 2.72. The summed E-state index contributed by atoms with van der Waals surface area (Å²) in [6.07, 6.45) is 1.17. The van der Waals surface area contributed by atoms with Gasteiger partial charge >= 0.3 is 0 Å². The zero-order chi connectivity index (χ0) is 18.8. The number of ether oxygens (including phenoxy) is 1. The van der Waals surface area contributed by atoms with E-state index in [4.69, 9.17) is 4.74 Å². The van der Waals surface area contributed by atoms with E-state index in [1.54, 1.807) is 6.92 Å². The molecule has 0 aliphatic rings. The van der Waals surface area contributed by atoms with Gasteiger partial charge in [-0.05, 0) is 37.3 Å². The van der Waals surface area contributed by atoms with Crippen LogP contribution in [0, 0.1) is 5.82 Å². The number of hydrogen-bond donors (Lipinski definition) is 2. The molecule has 1 atom stereocenters. The lowest BCUT2D eigenvalue weighted by Crippen LogP contribution is -2.30. The molecule has 0 saturated heterocycles. The number of carbonyl (C=O) groups is 1. The average Bonchev–Trinajstić information content (AvgIpc) is 3.30. The smallest absolute Gasteiger partial charge is 0.266 e. The molecule has 27 heavy (non-hydrogen) atoms. The quantitative estimate of drug-likeness (QED) is 0.520. The molecule has 4 aromatic rings. The first-order valence-electron chi connectivity index (χ1n) is 8.35. The molecule has 0 spiro atoms. The highest BCUT2D eigenvalue weighted by atomic mass is 32.1. The molecular weight excluding hydrogens is 365 g/mol. The number of fused-ring (bicyclic) bond motifs is 1. The van der Waals surface area contributed by atoms with Crippen molar-refractivity contribution in [1.82, 2.24) is 9.97 Å². The Balaban J connectivity index is 1.45. The summed E-state index contributed by atoms with van der Waals surface area (Å²) in [6.45, 7) is 1.63. The van der Waals surface area contributed by atoms with Crippen LogP contribution >= 0.6 is 11.3 Å². The van der Waals surface area contributed by atoms with Crippen LogP contribution in [0.15, 0.2) is 60.1 Å². The van der Waals surface area contributed by atoms with Gasteiger partial charge in [-0.1, -0.05) is 18.2 Å². The van der Waals surface area contributed by atoms with Crippen LogP contribution in [0.4, 0.5) is 9.52 Å². The molecular formula is C20H16FN3O2S. The predicted octanol–water partition coefficient (Wildman–Crippen LogP) is 4.84. The number of amides is 1. The fourth-order valence-corrected chi connectivity index (χ4v) is 3.43. The van der Waals surface area contributed by atoms with E-state index in [1.165, 1.54) is 35.6 Å². The van der Waals surface area contributed by atoms with Crippen LogP contribution in [-0.4, -0.2) is 22.0 Å². The van der Waals surface area contributed by atoms with Gasteiger partial charge in [0.25, 0.3) is 5.91 Å². The second-order valence-corrected chi connectivity index (χ2v) is 6.85. The van der Waals surface area contributed by atoms with Crippen molar-refractivity contribution in [2.45, 2.75) is 13.0 Å². The van der Waals surface area contributed by atoms with Gasteiger partial charge in [0.1, 0.15) is 11.6 Å². The third-order valence-corrected chi connectivity index (χ3v) is 4.85. The highest BCUT2D eigenvalue weighted by molar-refractivity contribution is 7.14. The van der Waals surface area contributed by atoms with Crippen molar-refractivity contribution in [1.29, 1.82) is 0 Å². The number of anilines is 1. The minimum Gasteiger partial charge on any atom is -0.481 e. The molecule has 7 heteroatoms. The minimum absolute atomic E-state index is 0.320. The van der Waals surface area contributed by atoms with Gasteiger partial charge in [0, 0.05) is 28.0 Å². The van der Waals surface area contributed by atoms with Crippen molar-refractivity contribution in [3.8, 4) is 17.0 Å². The molecule has 0 radical (unpaired) electrons. The van der Waals surface area contributed by atoms with Crippen LogP contribution in [0.5, 0.6) is 5.75 Å².